The van der Waals surface area contributed by atoms with E-state index >= 15 is 0 Å². The monoisotopic (exact) mass is 407 g/mol. The Hall–Kier alpha value is -1.70. The molecule has 2 aliphatic rings. The lowest BCUT2D eigenvalue weighted by Gasteiger charge is -2.31. The molecule has 0 spiro atoms. The van der Waals surface area contributed by atoms with E-state index in [4.69, 9.17) is 5.73 Å². The van der Waals surface area contributed by atoms with Gasteiger partial charge in [0.15, 0.2) is 0 Å². The third kappa shape index (κ3) is 4.10. The smallest absolute Gasteiger partial charge is 0.259 e. The normalized spacial score (nSPS) is 22.9. The van der Waals surface area contributed by atoms with Crippen LogP contribution in [0.5, 0.6) is 0 Å². The molecule has 27 heavy (non-hydrogen) atoms. The van der Waals surface area contributed by atoms with Crippen LogP contribution in [-0.4, -0.2) is 40.3 Å². The van der Waals surface area contributed by atoms with Crippen molar-refractivity contribution in [3.8, 4) is 0 Å². The number of fused-ring (bicyclic) bond motifs is 1. The summed E-state index contributed by atoms with van der Waals surface area (Å²) in [5.41, 5.74) is 9.31. The van der Waals surface area contributed by atoms with Crippen LogP contribution < -0.4 is 16.0 Å². The summed E-state index contributed by atoms with van der Waals surface area (Å²) >= 11 is 1.61. The fraction of sp³-hybridized carbons (Fsp3) is 0.474. The van der Waals surface area contributed by atoms with E-state index in [1.165, 1.54) is 0 Å². The molecule has 0 bridgehead atoms. The number of carbonyl (C=O) groups excluding carboxylic acids is 1. The minimum atomic E-state index is -0.00172. The quantitative estimate of drug-likeness (QED) is 0.727. The average molecular weight is 408 g/mol. The Morgan fingerprint density at radius 1 is 1.41 bits per heavy atom. The van der Waals surface area contributed by atoms with E-state index < -0.39 is 0 Å². The third-order valence-corrected chi connectivity index (χ3v) is 6.27. The van der Waals surface area contributed by atoms with Gasteiger partial charge in [0.2, 0.25) is 0 Å². The Kier molecular flexibility index (Phi) is 6.34. The molecule has 3 heterocycles. The molecule has 0 radical (unpaired) electrons. The van der Waals surface area contributed by atoms with Crippen LogP contribution in [0.1, 0.15) is 31.2 Å². The third-order valence-electron chi connectivity index (χ3n) is 5.28. The van der Waals surface area contributed by atoms with Crippen molar-refractivity contribution in [1.29, 1.82) is 0 Å². The highest BCUT2D eigenvalue weighted by atomic mass is 35.5. The van der Waals surface area contributed by atoms with Crippen LogP contribution in [0.3, 0.4) is 0 Å². The zero-order valence-corrected chi connectivity index (χ0v) is 17.0. The molecule has 4 rings (SSSR count). The maximum atomic E-state index is 12.8. The maximum absolute atomic E-state index is 12.8. The number of hydrogen-bond acceptors (Lipinski definition) is 5. The van der Waals surface area contributed by atoms with Crippen LogP contribution in [0.2, 0.25) is 0 Å². The molecule has 6 nitrogen and oxygen atoms in total. The molecule has 0 unspecified atom stereocenters. The Bertz CT molecular complexity index is 852. The number of H-pyrrole nitrogens is 1. The van der Waals surface area contributed by atoms with Gasteiger partial charge in [0.25, 0.3) is 5.91 Å². The van der Waals surface area contributed by atoms with E-state index in [0.29, 0.717) is 0 Å². The molecule has 0 aromatic carbocycles. The first-order valence-corrected chi connectivity index (χ1v) is 10.2. The van der Waals surface area contributed by atoms with E-state index in [1.54, 1.807) is 11.8 Å². The van der Waals surface area contributed by atoms with Crippen LogP contribution in [0.15, 0.2) is 29.6 Å². The second-order valence-electron chi connectivity index (χ2n) is 7.09. The number of carbonyl (C=O) groups is 1. The number of thioether (sulfide) groups is 1. The Morgan fingerprint density at radius 3 is 3.04 bits per heavy atom. The number of hydrogen-bond donors (Lipinski definition) is 3. The van der Waals surface area contributed by atoms with E-state index in [2.05, 4.69) is 27.1 Å². The van der Waals surface area contributed by atoms with Crippen LogP contribution >= 0.6 is 24.2 Å². The summed E-state index contributed by atoms with van der Waals surface area (Å²) < 4.78 is 0. The molecule has 2 aromatic heterocycles. The van der Waals surface area contributed by atoms with E-state index in [0.717, 1.165) is 65.2 Å². The van der Waals surface area contributed by atoms with Gasteiger partial charge in [-0.15, -0.1) is 24.2 Å². The number of anilines is 1. The summed E-state index contributed by atoms with van der Waals surface area (Å²) in [7, 11) is 0. The molecule has 1 saturated carbocycles. The predicted octanol–water partition coefficient (Wildman–Crippen LogP) is 3.07. The molecule has 2 atom stereocenters. The lowest BCUT2D eigenvalue weighted by Crippen LogP contribution is -2.49. The molecule has 146 valence electrons. The number of pyridine rings is 1. The van der Waals surface area contributed by atoms with Gasteiger partial charge in [0, 0.05) is 48.4 Å². The number of amides is 1. The summed E-state index contributed by atoms with van der Waals surface area (Å²) in [4.78, 5) is 23.3. The van der Waals surface area contributed by atoms with Crippen LogP contribution in [-0.2, 0) is 4.79 Å². The molecule has 2 aromatic rings. The van der Waals surface area contributed by atoms with Crippen molar-refractivity contribution in [2.24, 2.45) is 5.73 Å². The van der Waals surface area contributed by atoms with Gasteiger partial charge in [-0.05, 0) is 31.4 Å². The van der Waals surface area contributed by atoms with Crippen molar-refractivity contribution in [3.63, 3.8) is 0 Å². The fourth-order valence-electron chi connectivity index (χ4n) is 3.83. The Balaban J connectivity index is 0.00000210. The topological polar surface area (TPSA) is 87.0 Å². The average Bonchev–Trinajstić information content (AvgIpc) is 3.05. The number of nitrogens with one attached hydrogen (secondary N) is 2. The first-order chi connectivity index (χ1) is 12.6. The minimum absolute atomic E-state index is 0. The molecule has 1 amide bonds. The molecule has 1 aliphatic carbocycles. The van der Waals surface area contributed by atoms with E-state index in [9.17, 15) is 4.79 Å². The molecule has 4 N–H and O–H groups in total. The summed E-state index contributed by atoms with van der Waals surface area (Å²) in [6, 6.07) is 2.18. The number of aromatic nitrogens is 2. The predicted molar refractivity (Wildman–Crippen MR) is 114 cm³/mol. The van der Waals surface area contributed by atoms with Crippen LogP contribution in [0.25, 0.3) is 11.0 Å². The van der Waals surface area contributed by atoms with Crippen molar-refractivity contribution in [1.82, 2.24) is 15.3 Å². The molecule has 0 saturated heterocycles. The number of rotatable bonds is 3. The van der Waals surface area contributed by atoms with Crippen molar-refractivity contribution < 1.29 is 4.79 Å². The Morgan fingerprint density at radius 2 is 2.22 bits per heavy atom. The lowest BCUT2D eigenvalue weighted by atomic mass is 9.91. The van der Waals surface area contributed by atoms with E-state index in [-0.39, 0.29) is 30.4 Å². The highest BCUT2D eigenvalue weighted by molar-refractivity contribution is 8.04. The number of halogens is 1. The summed E-state index contributed by atoms with van der Waals surface area (Å²) in [6.07, 6.45) is 10.0. The first kappa shape index (κ1) is 20.0. The molecular formula is C19H26ClN5OS. The van der Waals surface area contributed by atoms with E-state index in [1.807, 2.05) is 24.7 Å². The minimum Gasteiger partial charge on any atom is -0.347 e. The van der Waals surface area contributed by atoms with Crippen molar-refractivity contribution in [3.05, 3.63) is 35.1 Å². The summed E-state index contributed by atoms with van der Waals surface area (Å²) in [6.45, 7) is 2.94. The second kappa shape index (κ2) is 8.54. The van der Waals surface area contributed by atoms with Gasteiger partial charge < -0.3 is 20.9 Å². The van der Waals surface area contributed by atoms with Crippen molar-refractivity contribution in [2.75, 3.05) is 17.2 Å². The van der Waals surface area contributed by atoms with Gasteiger partial charge in [0.05, 0.1) is 10.6 Å². The SMILES string of the molecule is Cc1c[nH]c2nccc(N3C=C(C(=O)N[C@@H]4CCCC[C@@H]4N)SCC3)c12.Cl. The van der Waals surface area contributed by atoms with Gasteiger partial charge in [-0.1, -0.05) is 12.8 Å². The molecule has 1 aliphatic heterocycles. The fourth-order valence-corrected chi connectivity index (χ4v) is 4.73. The second-order valence-corrected chi connectivity index (χ2v) is 8.23. The molecule has 1 fully saturated rings. The largest absolute Gasteiger partial charge is 0.347 e. The van der Waals surface area contributed by atoms with Crippen LogP contribution in [0, 0.1) is 6.92 Å². The van der Waals surface area contributed by atoms with Crippen molar-refractivity contribution in [2.45, 2.75) is 44.7 Å². The zero-order valence-electron chi connectivity index (χ0n) is 15.4. The standard InChI is InChI=1S/C19H25N5OS.ClH/c1-12-10-22-18-17(12)15(6-7-21-18)24-8-9-26-16(11-24)19(25)23-14-5-3-2-4-13(14)20;/h6-7,10-11,13-14H,2-5,8-9,20H2,1H3,(H,21,22)(H,23,25);1H/t13-,14+;/m0./s1. The molecule has 8 heteroatoms. The number of nitrogens with zero attached hydrogens (tertiary/aromatic N) is 2. The highest BCUT2D eigenvalue weighted by Gasteiger charge is 2.26. The first-order valence-electron chi connectivity index (χ1n) is 9.24. The van der Waals surface area contributed by atoms with Crippen LogP contribution in [0.4, 0.5) is 5.69 Å². The van der Waals surface area contributed by atoms with Gasteiger partial charge in [-0.25, -0.2) is 4.98 Å². The number of aromatic amines is 1. The molecular weight excluding hydrogens is 382 g/mol. The lowest BCUT2D eigenvalue weighted by molar-refractivity contribution is -0.117. The van der Waals surface area contributed by atoms with Crippen molar-refractivity contribution >= 4 is 46.8 Å². The van der Waals surface area contributed by atoms with Gasteiger partial charge in [0.1, 0.15) is 5.65 Å². The number of aryl methyl sites for hydroxylation is 1. The van der Waals surface area contributed by atoms with Gasteiger partial charge in [-0.3, -0.25) is 4.79 Å². The Labute approximate surface area is 169 Å². The summed E-state index contributed by atoms with van der Waals surface area (Å²) in [5.74, 6) is 0.877. The van der Waals surface area contributed by atoms with Gasteiger partial charge in [-0.2, -0.15) is 0 Å². The highest BCUT2D eigenvalue weighted by Crippen LogP contribution is 2.32. The van der Waals surface area contributed by atoms with Gasteiger partial charge >= 0.3 is 0 Å². The summed E-state index contributed by atoms with van der Waals surface area (Å²) in [5, 5.41) is 4.27. The maximum Gasteiger partial charge on any atom is 0.259 e. The zero-order chi connectivity index (χ0) is 18.1. The number of nitrogens with two attached hydrogens (primary N) is 1.